The number of hydrogen-bond acceptors (Lipinski definition) is 10. The molecule has 4 rings (SSSR count). The molecule has 0 saturated carbocycles. The quantitative estimate of drug-likeness (QED) is 0.277. The van der Waals surface area contributed by atoms with Gasteiger partial charge in [0.15, 0.2) is 17.2 Å². The Balaban J connectivity index is 1.70. The Morgan fingerprint density at radius 3 is 2.51 bits per heavy atom. The maximum Gasteiger partial charge on any atom is 0.294 e. The molecule has 2 aromatic carbocycles. The SMILES string of the molecule is COc1ccc(C(C)=NNC(=O)c2nnn(-c3nonc3N)c2-c2ccc(Cl)c(Cl)c2)cc1OC. The molecule has 4 aromatic rings. The van der Waals surface area contributed by atoms with Crippen molar-refractivity contribution in [3.8, 4) is 28.6 Å². The lowest BCUT2D eigenvalue weighted by atomic mass is 10.1. The molecule has 0 spiro atoms. The fourth-order valence-corrected chi connectivity index (χ4v) is 3.43. The number of anilines is 1. The molecule has 35 heavy (non-hydrogen) atoms. The highest BCUT2D eigenvalue weighted by molar-refractivity contribution is 6.42. The lowest BCUT2D eigenvalue weighted by molar-refractivity contribution is 0.0950. The van der Waals surface area contributed by atoms with E-state index in [1.165, 1.54) is 11.8 Å². The summed E-state index contributed by atoms with van der Waals surface area (Å²) >= 11 is 12.2. The van der Waals surface area contributed by atoms with Crippen molar-refractivity contribution in [2.75, 3.05) is 20.0 Å². The number of benzene rings is 2. The molecule has 0 aliphatic rings. The fraction of sp³-hybridized carbons (Fsp3) is 0.143. The standard InChI is InChI=1S/C21H18Cl2N8O4/c1-10(11-5-7-15(33-2)16(9-11)34-3)25-27-21(32)17-18(12-4-6-13(22)14(23)8-12)31(30-26-17)20-19(24)28-35-29-20/h4-9H,1-3H3,(H2,24,28)(H,27,32). The van der Waals surface area contributed by atoms with Crippen LogP contribution < -0.4 is 20.6 Å². The number of nitrogens with one attached hydrogen (secondary N) is 1. The number of halogens is 2. The number of rotatable bonds is 7. The topological polar surface area (TPSA) is 156 Å². The lowest BCUT2D eigenvalue weighted by Gasteiger charge is -2.09. The first-order valence-electron chi connectivity index (χ1n) is 9.90. The minimum absolute atomic E-state index is 0.0441. The Morgan fingerprint density at radius 2 is 1.86 bits per heavy atom. The second-order valence-corrected chi connectivity index (χ2v) is 7.82. The number of carbonyl (C=O) groups excluding carboxylic acids is 1. The van der Waals surface area contributed by atoms with Gasteiger partial charge < -0.3 is 15.2 Å². The van der Waals surface area contributed by atoms with E-state index in [1.54, 1.807) is 50.4 Å². The Morgan fingerprint density at radius 1 is 1.09 bits per heavy atom. The molecule has 180 valence electrons. The predicted molar refractivity (Wildman–Crippen MR) is 128 cm³/mol. The predicted octanol–water partition coefficient (Wildman–Crippen LogP) is 3.38. The average molecular weight is 517 g/mol. The van der Waals surface area contributed by atoms with Crippen LogP contribution in [0.2, 0.25) is 10.0 Å². The van der Waals surface area contributed by atoms with Crippen molar-refractivity contribution in [3.05, 3.63) is 57.7 Å². The van der Waals surface area contributed by atoms with E-state index in [0.717, 1.165) is 0 Å². The summed E-state index contributed by atoms with van der Waals surface area (Å²) in [6.45, 7) is 1.72. The van der Waals surface area contributed by atoms with Gasteiger partial charge in [-0.1, -0.05) is 34.5 Å². The minimum atomic E-state index is -0.646. The van der Waals surface area contributed by atoms with Gasteiger partial charge in [0, 0.05) is 11.1 Å². The third kappa shape index (κ3) is 4.74. The molecule has 0 bridgehead atoms. The zero-order valence-electron chi connectivity index (χ0n) is 18.6. The highest BCUT2D eigenvalue weighted by Crippen LogP contribution is 2.32. The fourth-order valence-electron chi connectivity index (χ4n) is 3.14. The summed E-state index contributed by atoms with van der Waals surface area (Å²) in [4.78, 5) is 13.1. The Kier molecular flexibility index (Phi) is 6.85. The van der Waals surface area contributed by atoms with Gasteiger partial charge in [0.2, 0.25) is 11.6 Å². The van der Waals surface area contributed by atoms with Crippen molar-refractivity contribution in [2.45, 2.75) is 6.92 Å². The monoisotopic (exact) mass is 516 g/mol. The highest BCUT2D eigenvalue weighted by Gasteiger charge is 2.25. The zero-order chi connectivity index (χ0) is 25.1. The summed E-state index contributed by atoms with van der Waals surface area (Å²) in [5.74, 6) is 0.437. The summed E-state index contributed by atoms with van der Waals surface area (Å²) in [5.41, 5.74) is 10.1. The molecule has 2 aromatic heterocycles. The molecule has 0 radical (unpaired) electrons. The first-order chi connectivity index (χ1) is 16.8. The molecular weight excluding hydrogens is 499 g/mol. The second-order valence-electron chi connectivity index (χ2n) is 7.01. The van der Waals surface area contributed by atoms with Crippen LogP contribution in [0.3, 0.4) is 0 Å². The average Bonchev–Trinajstić information content (AvgIpc) is 3.49. The van der Waals surface area contributed by atoms with E-state index in [1.807, 2.05) is 0 Å². The second kappa shape index (κ2) is 9.99. The Labute approximate surface area is 208 Å². The van der Waals surface area contributed by atoms with Gasteiger partial charge in [0.05, 0.1) is 30.0 Å². The van der Waals surface area contributed by atoms with Crippen LogP contribution in [-0.2, 0) is 0 Å². The molecule has 1 amide bonds. The minimum Gasteiger partial charge on any atom is -0.493 e. The van der Waals surface area contributed by atoms with Gasteiger partial charge in [-0.15, -0.1) is 5.10 Å². The van der Waals surface area contributed by atoms with E-state index >= 15 is 0 Å². The molecule has 2 heterocycles. The number of nitrogen functional groups attached to an aromatic ring is 1. The number of carbonyl (C=O) groups is 1. The van der Waals surface area contributed by atoms with E-state index in [0.29, 0.717) is 33.4 Å². The van der Waals surface area contributed by atoms with E-state index in [9.17, 15) is 4.79 Å². The molecule has 0 aliphatic heterocycles. The summed E-state index contributed by atoms with van der Waals surface area (Å²) < 4.78 is 16.4. The Bertz CT molecular complexity index is 1430. The van der Waals surface area contributed by atoms with Crippen LogP contribution in [0.25, 0.3) is 17.1 Å². The van der Waals surface area contributed by atoms with Crippen LogP contribution >= 0.6 is 23.2 Å². The van der Waals surface area contributed by atoms with Crippen molar-refractivity contribution in [1.82, 2.24) is 30.7 Å². The van der Waals surface area contributed by atoms with Crippen LogP contribution in [-0.4, -0.2) is 51.1 Å². The number of nitrogens with zero attached hydrogens (tertiary/aromatic N) is 6. The maximum atomic E-state index is 13.1. The van der Waals surface area contributed by atoms with Crippen molar-refractivity contribution in [1.29, 1.82) is 0 Å². The van der Waals surface area contributed by atoms with Gasteiger partial charge in [-0.05, 0) is 47.6 Å². The van der Waals surface area contributed by atoms with Crippen LogP contribution in [0.5, 0.6) is 11.5 Å². The molecule has 3 N–H and O–H groups in total. The molecule has 0 aliphatic carbocycles. The van der Waals surface area contributed by atoms with Crippen molar-refractivity contribution in [2.24, 2.45) is 5.10 Å². The van der Waals surface area contributed by atoms with Crippen LogP contribution in [0.15, 0.2) is 46.1 Å². The molecular formula is C21H18Cl2N8O4. The zero-order valence-corrected chi connectivity index (χ0v) is 20.1. The molecule has 0 unspecified atom stereocenters. The Hall–Kier alpha value is -4.16. The highest BCUT2D eigenvalue weighted by atomic mass is 35.5. The van der Waals surface area contributed by atoms with Gasteiger partial charge in [0.25, 0.3) is 5.91 Å². The number of nitrogens with two attached hydrogens (primary N) is 1. The number of hydrazone groups is 1. The van der Waals surface area contributed by atoms with E-state index in [2.05, 4.69) is 35.8 Å². The summed E-state index contributed by atoms with van der Waals surface area (Å²) in [6.07, 6.45) is 0. The summed E-state index contributed by atoms with van der Waals surface area (Å²) in [7, 11) is 3.07. The van der Waals surface area contributed by atoms with Crippen LogP contribution in [0.1, 0.15) is 23.0 Å². The molecule has 14 heteroatoms. The first-order valence-corrected chi connectivity index (χ1v) is 10.7. The lowest BCUT2D eigenvalue weighted by Crippen LogP contribution is -2.21. The number of amides is 1. The van der Waals surface area contributed by atoms with Crippen LogP contribution in [0, 0.1) is 0 Å². The third-order valence-electron chi connectivity index (χ3n) is 4.90. The smallest absolute Gasteiger partial charge is 0.294 e. The van der Waals surface area contributed by atoms with E-state index in [-0.39, 0.29) is 28.0 Å². The molecule has 12 nitrogen and oxygen atoms in total. The number of methoxy groups -OCH3 is 2. The molecule has 0 atom stereocenters. The number of hydrogen-bond donors (Lipinski definition) is 2. The van der Waals surface area contributed by atoms with Gasteiger partial charge in [0.1, 0.15) is 5.69 Å². The van der Waals surface area contributed by atoms with Crippen LogP contribution in [0.4, 0.5) is 5.82 Å². The molecule has 0 fully saturated rings. The maximum absolute atomic E-state index is 13.1. The van der Waals surface area contributed by atoms with Gasteiger partial charge in [-0.25, -0.2) is 10.1 Å². The summed E-state index contributed by atoms with van der Waals surface area (Å²) in [5, 5.41) is 20.1. The van der Waals surface area contributed by atoms with Crippen molar-refractivity contribution >= 4 is 40.6 Å². The molecule has 0 saturated heterocycles. The first kappa shape index (κ1) is 24.0. The van der Waals surface area contributed by atoms with Crippen molar-refractivity contribution in [3.63, 3.8) is 0 Å². The largest absolute Gasteiger partial charge is 0.493 e. The van der Waals surface area contributed by atoms with Gasteiger partial charge in [-0.3, -0.25) is 4.79 Å². The number of aromatic nitrogens is 5. The summed E-state index contributed by atoms with van der Waals surface area (Å²) in [6, 6.07) is 10.0. The van der Waals surface area contributed by atoms with E-state index < -0.39 is 5.91 Å². The number of ether oxygens (including phenoxy) is 2. The van der Waals surface area contributed by atoms with Gasteiger partial charge >= 0.3 is 0 Å². The third-order valence-corrected chi connectivity index (χ3v) is 5.64. The van der Waals surface area contributed by atoms with Gasteiger partial charge in [-0.2, -0.15) is 9.78 Å². The van der Waals surface area contributed by atoms with E-state index in [4.69, 9.17) is 38.4 Å². The van der Waals surface area contributed by atoms with Crippen molar-refractivity contribution < 1.29 is 18.9 Å². The normalized spacial score (nSPS) is 11.4.